The molecular formula is C27H22BrNO6. The van der Waals surface area contributed by atoms with Crippen LogP contribution in [-0.2, 0) is 14.3 Å². The van der Waals surface area contributed by atoms with Crippen LogP contribution in [0.4, 0.5) is 5.69 Å². The number of hydrogen-bond acceptors (Lipinski definition) is 6. The highest BCUT2D eigenvalue weighted by molar-refractivity contribution is 9.10. The minimum atomic E-state index is -0.629. The highest BCUT2D eigenvalue weighted by Crippen LogP contribution is 2.28. The van der Waals surface area contributed by atoms with Crippen LogP contribution < -0.4 is 9.64 Å². The van der Waals surface area contributed by atoms with E-state index in [-0.39, 0.29) is 24.6 Å². The Hall–Kier alpha value is -3.78. The van der Waals surface area contributed by atoms with E-state index in [9.17, 15) is 19.2 Å². The van der Waals surface area contributed by atoms with Crippen LogP contribution in [0.25, 0.3) is 0 Å². The number of para-hydroxylation sites is 1. The van der Waals surface area contributed by atoms with Crippen LogP contribution in [0.2, 0.25) is 0 Å². The van der Waals surface area contributed by atoms with E-state index in [0.717, 1.165) is 15.7 Å². The summed E-state index contributed by atoms with van der Waals surface area (Å²) in [5.74, 6) is -1.99. The summed E-state index contributed by atoms with van der Waals surface area (Å²) in [4.78, 5) is 51.2. The van der Waals surface area contributed by atoms with Crippen molar-refractivity contribution in [1.29, 1.82) is 0 Å². The van der Waals surface area contributed by atoms with Gasteiger partial charge in [0.1, 0.15) is 5.75 Å². The number of ether oxygens (including phenoxy) is 2. The molecule has 1 heterocycles. The second-order valence-corrected chi connectivity index (χ2v) is 9.06. The van der Waals surface area contributed by atoms with Gasteiger partial charge in [-0.1, -0.05) is 34.1 Å². The van der Waals surface area contributed by atoms with Crippen LogP contribution in [0, 0.1) is 12.8 Å². The summed E-state index contributed by atoms with van der Waals surface area (Å²) in [6, 6.07) is 20.2. The summed E-state index contributed by atoms with van der Waals surface area (Å²) in [6.07, 6.45) is 0.0415. The average molecular weight is 536 g/mol. The lowest BCUT2D eigenvalue weighted by molar-refractivity contribution is -0.147. The fourth-order valence-electron chi connectivity index (χ4n) is 3.76. The van der Waals surface area contributed by atoms with Crippen LogP contribution in [0.5, 0.6) is 5.75 Å². The highest BCUT2D eigenvalue weighted by Gasteiger charge is 2.36. The van der Waals surface area contributed by atoms with E-state index in [1.807, 2.05) is 31.2 Å². The van der Waals surface area contributed by atoms with Crippen molar-refractivity contribution in [3.63, 3.8) is 0 Å². The van der Waals surface area contributed by atoms with Gasteiger partial charge in [0.05, 0.1) is 11.5 Å². The molecule has 0 bridgehead atoms. The summed E-state index contributed by atoms with van der Waals surface area (Å²) < 4.78 is 11.4. The Morgan fingerprint density at radius 2 is 1.60 bits per heavy atom. The van der Waals surface area contributed by atoms with Crippen LogP contribution >= 0.6 is 15.9 Å². The standard InChI is InChI=1S/C27H22BrNO6/c1-17-4-2-3-5-23(17)29-15-20(14-25(29)31)26(32)34-16-24(30)18-8-12-22(13-9-18)35-27(33)19-6-10-21(28)11-7-19/h2-13,20H,14-16H2,1H3/t20-/m1/s1. The van der Waals surface area contributed by atoms with Gasteiger partial charge in [0.25, 0.3) is 0 Å². The number of aryl methyl sites for hydroxylation is 1. The lowest BCUT2D eigenvalue weighted by atomic mass is 10.1. The monoisotopic (exact) mass is 535 g/mol. The third kappa shape index (κ3) is 5.84. The molecule has 1 aliphatic heterocycles. The maximum absolute atomic E-state index is 12.5. The van der Waals surface area contributed by atoms with E-state index in [0.29, 0.717) is 11.1 Å². The van der Waals surface area contributed by atoms with Gasteiger partial charge in [-0.25, -0.2) is 4.79 Å². The Morgan fingerprint density at radius 3 is 2.29 bits per heavy atom. The van der Waals surface area contributed by atoms with Crippen molar-refractivity contribution < 1.29 is 28.7 Å². The van der Waals surface area contributed by atoms with Crippen LogP contribution in [0.3, 0.4) is 0 Å². The molecule has 1 amide bonds. The summed E-state index contributed by atoms with van der Waals surface area (Å²) in [7, 11) is 0. The van der Waals surface area contributed by atoms with Gasteiger partial charge in [0.15, 0.2) is 12.4 Å². The number of anilines is 1. The Balaban J connectivity index is 1.29. The Morgan fingerprint density at radius 1 is 0.943 bits per heavy atom. The van der Waals surface area contributed by atoms with Gasteiger partial charge < -0.3 is 14.4 Å². The topological polar surface area (TPSA) is 90.0 Å². The summed E-state index contributed by atoms with van der Waals surface area (Å²) in [6.45, 7) is 1.68. The van der Waals surface area contributed by atoms with Gasteiger partial charge in [-0.2, -0.15) is 0 Å². The van der Waals surface area contributed by atoms with E-state index in [1.165, 1.54) is 24.3 Å². The van der Waals surface area contributed by atoms with Crippen molar-refractivity contribution in [3.8, 4) is 5.75 Å². The number of Topliss-reactive ketones (excluding diaryl/α,β-unsaturated/α-hetero) is 1. The molecule has 0 unspecified atom stereocenters. The average Bonchev–Trinajstić information content (AvgIpc) is 3.25. The number of esters is 2. The Bertz CT molecular complexity index is 1270. The zero-order valence-electron chi connectivity index (χ0n) is 18.9. The van der Waals surface area contributed by atoms with E-state index in [4.69, 9.17) is 9.47 Å². The number of amides is 1. The van der Waals surface area contributed by atoms with E-state index < -0.39 is 30.2 Å². The molecule has 4 rings (SSSR count). The largest absolute Gasteiger partial charge is 0.457 e. The zero-order valence-corrected chi connectivity index (χ0v) is 20.5. The molecule has 0 saturated carbocycles. The molecule has 3 aromatic carbocycles. The molecule has 1 atom stereocenters. The van der Waals surface area contributed by atoms with Gasteiger partial charge in [-0.05, 0) is 67.1 Å². The molecule has 178 valence electrons. The van der Waals surface area contributed by atoms with Crippen molar-refractivity contribution >= 4 is 45.2 Å². The molecule has 3 aromatic rings. The predicted octanol–water partition coefficient (Wildman–Crippen LogP) is 4.76. The summed E-state index contributed by atoms with van der Waals surface area (Å²) in [5, 5.41) is 0. The van der Waals surface area contributed by atoms with Gasteiger partial charge in [-0.15, -0.1) is 0 Å². The normalized spacial score (nSPS) is 15.1. The maximum Gasteiger partial charge on any atom is 0.343 e. The lowest BCUT2D eigenvalue weighted by Crippen LogP contribution is -2.27. The maximum atomic E-state index is 12.5. The van der Waals surface area contributed by atoms with Crippen molar-refractivity contribution in [3.05, 3.63) is 94.0 Å². The second-order valence-electron chi connectivity index (χ2n) is 8.14. The van der Waals surface area contributed by atoms with Gasteiger partial charge in [0, 0.05) is 28.7 Å². The molecular weight excluding hydrogens is 514 g/mol. The van der Waals surface area contributed by atoms with E-state index >= 15 is 0 Å². The van der Waals surface area contributed by atoms with Crippen LogP contribution in [0.1, 0.15) is 32.7 Å². The molecule has 8 heteroatoms. The number of nitrogens with zero attached hydrogens (tertiary/aromatic N) is 1. The number of ketones is 1. The Labute approximate surface area is 210 Å². The number of halogens is 1. The van der Waals surface area contributed by atoms with Gasteiger partial charge in [-0.3, -0.25) is 14.4 Å². The minimum Gasteiger partial charge on any atom is -0.457 e. The van der Waals surface area contributed by atoms with Gasteiger partial charge in [0.2, 0.25) is 5.91 Å². The van der Waals surface area contributed by atoms with Crippen molar-refractivity contribution in [2.45, 2.75) is 13.3 Å². The molecule has 1 saturated heterocycles. The molecule has 0 radical (unpaired) electrons. The third-order valence-electron chi connectivity index (χ3n) is 5.68. The first-order chi connectivity index (χ1) is 16.8. The third-order valence-corrected chi connectivity index (χ3v) is 6.21. The Kier molecular flexibility index (Phi) is 7.41. The molecule has 1 fully saturated rings. The first-order valence-electron chi connectivity index (χ1n) is 11.0. The van der Waals surface area contributed by atoms with E-state index in [1.54, 1.807) is 29.2 Å². The first kappa shape index (κ1) is 24.3. The summed E-state index contributed by atoms with van der Waals surface area (Å²) >= 11 is 3.31. The lowest BCUT2D eigenvalue weighted by Gasteiger charge is -2.18. The van der Waals surface area contributed by atoms with Gasteiger partial charge >= 0.3 is 11.9 Å². The number of carbonyl (C=O) groups excluding carboxylic acids is 4. The molecule has 0 aliphatic carbocycles. The minimum absolute atomic E-state index is 0.0415. The number of benzene rings is 3. The van der Waals surface area contributed by atoms with E-state index in [2.05, 4.69) is 15.9 Å². The molecule has 0 spiro atoms. The SMILES string of the molecule is Cc1ccccc1N1C[C@H](C(=O)OCC(=O)c2ccc(OC(=O)c3ccc(Br)cc3)cc2)CC1=O. The van der Waals surface area contributed by atoms with Crippen LogP contribution in [-0.4, -0.2) is 36.8 Å². The zero-order chi connectivity index (χ0) is 24.9. The van der Waals surface area contributed by atoms with Crippen LogP contribution in [0.15, 0.2) is 77.3 Å². The predicted molar refractivity (Wildman–Crippen MR) is 132 cm³/mol. The van der Waals surface area contributed by atoms with Crippen molar-refractivity contribution in [2.24, 2.45) is 5.92 Å². The number of rotatable bonds is 7. The molecule has 7 nitrogen and oxygen atoms in total. The number of hydrogen-bond donors (Lipinski definition) is 0. The van der Waals surface area contributed by atoms with Crippen molar-refractivity contribution in [2.75, 3.05) is 18.1 Å². The molecule has 0 aromatic heterocycles. The van der Waals surface area contributed by atoms with Crippen molar-refractivity contribution in [1.82, 2.24) is 0 Å². The second kappa shape index (κ2) is 10.7. The quantitative estimate of drug-likeness (QED) is 0.246. The fourth-order valence-corrected chi connectivity index (χ4v) is 4.03. The molecule has 1 aliphatic rings. The number of carbonyl (C=O) groups is 4. The first-order valence-corrected chi connectivity index (χ1v) is 11.7. The molecule has 35 heavy (non-hydrogen) atoms. The molecule has 0 N–H and O–H groups in total. The fraction of sp³-hybridized carbons (Fsp3) is 0.185. The summed E-state index contributed by atoms with van der Waals surface area (Å²) in [5.41, 5.74) is 2.41. The highest BCUT2D eigenvalue weighted by atomic mass is 79.9. The smallest absolute Gasteiger partial charge is 0.343 e.